The van der Waals surface area contributed by atoms with Crippen LogP contribution in [0.5, 0.6) is 0 Å². The van der Waals surface area contributed by atoms with E-state index in [4.69, 9.17) is 5.40 Å². The van der Waals surface area contributed by atoms with Crippen LogP contribution in [0.25, 0.3) is 0 Å². The smallest absolute Gasteiger partial charge is 0.0321 e. The Balaban J connectivity index is 4.53. The highest BCUT2D eigenvalue weighted by Crippen LogP contribution is 2.29. The molecule has 68 valence electrons. The SMILES string of the molecule is CC(C)[Si](N)(C(C)C)[Si-](C)C. The van der Waals surface area contributed by atoms with Crippen molar-refractivity contribution in [2.45, 2.75) is 51.9 Å². The number of hydrogen-bond acceptors (Lipinski definition) is 1. The number of nitrogens with two attached hydrogens (primary N) is 1. The molecular weight excluding hydrogens is 166 g/mol. The lowest BCUT2D eigenvalue weighted by molar-refractivity contribution is 0.914. The Morgan fingerprint density at radius 1 is 1.00 bits per heavy atom. The van der Waals surface area contributed by atoms with Gasteiger partial charge in [-0.1, -0.05) is 38.8 Å². The van der Waals surface area contributed by atoms with E-state index in [-0.39, 0.29) is 8.31 Å². The van der Waals surface area contributed by atoms with Gasteiger partial charge in [-0.15, -0.1) is 0 Å². The minimum Gasteiger partial charge on any atom is -0.379 e. The standard InChI is InChI=1S/C8H22NSi2/c1-7(2)11(9,8(3)4)10(5)6/h7-8H,9H2,1-6H3/q-1. The van der Waals surface area contributed by atoms with E-state index in [1.54, 1.807) is 0 Å². The van der Waals surface area contributed by atoms with E-state index >= 15 is 0 Å². The topological polar surface area (TPSA) is 26.0 Å². The molecular formula is C8H22NSi2-. The average Bonchev–Trinajstić information content (AvgIpc) is 1.84. The molecule has 1 nitrogen and oxygen atoms in total. The van der Waals surface area contributed by atoms with Crippen LogP contribution in [-0.4, -0.2) is 16.1 Å². The van der Waals surface area contributed by atoms with Gasteiger partial charge in [-0.2, -0.15) is 13.1 Å². The molecule has 0 bridgehead atoms. The largest absolute Gasteiger partial charge is 0.379 e. The predicted molar refractivity (Wildman–Crippen MR) is 57.6 cm³/mol. The van der Waals surface area contributed by atoms with Gasteiger partial charge in [0.05, 0.1) is 0 Å². The van der Waals surface area contributed by atoms with Crippen molar-refractivity contribution in [2.75, 3.05) is 0 Å². The second-order valence-corrected chi connectivity index (χ2v) is 16.0. The molecule has 0 aromatic rings. The maximum Gasteiger partial charge on any atom is -0.0321 e. The normalized spacial score (nSPS) is 13.6. The molecule has 0 aliphatic carbocycles. The Morgan fingerprint density at radius 3 is 1.27 bits per heavy atom. The minimum atomic E-state index is -1.38. The quantitative estimate of drug-likeness (QED) is 0.677. The van der Waals surface area contributed by atoms with Gasteiger partial charge in [-0.3, -0.25) is 0 Å². The Labute approximate surface area is 73.9 Å². The molecule has 0 saturated carbocycles. The summed E-state index contributed by atoms with van der Waals surface area (Å²) in [5.41, 5.74) is 1.48. The molecule has 0 aromatic heterocycles. The molecule has 0 aliphatic rings. The van der Waals surface area contributed by atoms with Gasteiger partial charge >= 0.3 is 0 Å². The molecule has 0 aromatic carbocycles. The Bertz CT molecular complexity index is 99.5. The highest BCUT2D eigenvalue weighted by Gasteiger charge is 2.28. The molecule has 0 radical (unpaired) electrons. The van der Waals surface area contributed by atoms with Crippen molar-refractivity contribution in [1.82, 2.24) is 0 Å². The van der Waals surface area contributed by atoms with Gasteiger partial charge in [0, 0.05) is 0 Å². The molecule has 0 spiro atoms. The molecule has 11 heavy (non-hydrogen) atoms. The molecule has 0 unspecified atom stereocenters. The first-order valence-electron chi connectivity index (χ1n) is 4.43. The summed E-state index contributed by atoms with van der Waals surface area (Å²) in [7, 11) is -1.63. The lowest BCUT2D eigenvalue weighted by atomic mass is 10.5. The van der Waals surface area contributed by atoms with Crippen LogP contribution in [0.1, 0.15) is 27.7 Å². The van der Waals surface area contributed by atoms with Crippen molar-refractivity contribution in [3.05, 3.63) is 0 Å². The minimum absolute atomic E-state index is 0.254. The first kappa shape index (κ1) is 11.4. The summed E-state index contributed by atoms with van der Waals surface area (Å²) in [4.78, 5) is 0. The van der Waals surface area contributed by atoms with Gasteiger partial charge < -0.3 is 5.40 Å². The molecule has 0 fully saturated rings. The van der Waals surface area contributed by atoms with Gasteiger partial charge in [-0.05, 0) is 7.75 Å². The van der Waals surface area contributed by atoms with Crippen molar-refractivity contribution in [2.24, 2.45) is 5.40 Å². The van der Waals surface area contributed by atoms with Crippen LogP contribution < -0.4 is 5.40 Å². The zero-order valence-electron chi connectivity index (χ0n) is 8.73. The summed E-state index contributed by atoms with van der Waals surface area (Å²) >= 11 is 0. The van der Waals surface area contributed by atoms with Crippen molar-refractivity contribution < 1.29 is 0 Å². The Hall–Kier alpha value is 0.394. The van der Waals surface area contributed by atoms with E-state index in [9.17, 15) is 0 Å². The molecule has 0 rings (SSSR count). The second kappa shape index (κ2) is 3.87. The van der Waals surface area contributed by atoms with Crippen molar-refractivity contribution >= 4 is 16.1 Å². The van der Waals surface area contributed by atoms with Gasteiger partial charge in [0.1, 0.15) is 0 Å². The summed E-state index contributed by atoms with van der Waals surface area (Å²) in [6.07, 6.45) is 0. The summed E-state index contributed by atoms with van der Waals surface area (Å²) in [6, 6.07) is 0. The van der Waals surface area contributed by atoms with Crippen LogP contribution in [0.4, 0.5) is 0 Å². The lowest BCUT2D eigenvalue weighted by Gasteiger charge is -2.49. The maximum absolute atomic E-state index is 6.51. The number of rotatable bonds is 3. The molecule has 2 N–H and O–H groups in total. The molecule has 0 saturated heterocycles. The highest BCUT2D eigenvalue weighted by atomic mass is 29.2. The summed E-state index contributed by atoms with van der Waals surface area (Å²) in [5.74, 6) is 0. The van der Waals surface area contributed by atoms with Crippen LogP contribution in [-0.2, 0) is 0 Å². The highest BCUT2D eigenvalue weighted by molar-refractivity contribution is 7.32. The zero-order chi connectivity index (χ0) is 9.23. The fraction of sp³-hybridized carbons (Fsp3) is 1.00. The van der Waals surface area contributed by atoms with E-state index in [2.05, 4.69) is 40.8 Å². The van der Waals surface area contributed by atoms with E-state index in [1.807, 2.05) is 0 Å². The third kappa shape index (κ3) is 2.16. The van der Waals surface area contributed by atoms with Gasteiger partial charge in [0.25, 0.3) is 0 Å². The lowest BCUT2D eigenvalue weighted by Crippen LogP contribution is -2.61. The van der Waals surface area contributed by atoms with Crippen molar-refractivity contribution in [1.29, 1.82) is 0 Å². The number of hydrogen-bond donors (Lipinski definition) is 1. The fourth-order valence-corrected chi connectivity index (χ4v) is 12.4. The third-order valence-electron chi connectivity index (χ3n) is 2.78. The van der Waals surface area contributed by atoms with Crippen LogP contribution >= 0.6 is 0 Å². The summed E-state index contributed by atoms with van der Waals surface area (Å²) in [6.45, 7) is 13.9. The monoisotopic (exact) mass is 188 g/mol. The van der Waals surface area contributed by atoms with Gasteiger partial charge in [-0.25, -0.2) is 8.31 Å². The maximum atomic E-state index is 6.51. The van der Waals surface area contributed by atoms with E-state index in [1.165, 1.54) is 0 Å². The molecule has 0 atom stereocenters. The average molecular weight is 188 g/mol. The predicted octanol–water partition coefficient (Wildman–Crippen LogP) is 2.54. The van der Waals surface area contributed by atoms with Crippen LogP contribution in [0.15, 0.2) is 0 Å². The van der Waals surface area contributed by atoms with Crippen molar-refractivity contribution in [3.63, 3.8) is 0 Å². The van der Waals surface area contributed by atoms with Gasteiger partial charge in [0.15, 0.2) is 0 Å². The van der Waals surface area contributed by atoms with Gasteiger partial charge in [0.2, 0.25) is 0 Å². The molecule has 0 amide bonds. The zero-order valence-corrected chi connectivity index (χ0v) is 10.7. The van der Waals surface area contributed by atoms with Crippen LogP contribution in [0, 0.1) is 0 Å². The van der Waals surface area contributed by atoms with Crippen molar-refractivity contribution in [3.8, 4) is 0 Å². The molecule has 0 aliphatic heterocycles. The summed E-state index contributed by atoms with van der Waals surface area (Å²) < 4.78 is 0. The van der Waals surface area contributed by atoms with E-state index in [0.29, 0.717) is 0 Å². The first-order valence-corrected chi connectivity index (χ1v) is 10.2. The Kier molecular flexibility index (Phi) is 4.01. The van der Waals surface area contributed by atoms with Crippen LogP contribution in [0.2, 0.25) is 24.2 Å². The third-order valence-corrected chi connectivity index (χ3v) is 17.0. The van der Waals surface area contributed by atoms with Crippen LogP contribution in [0.3, 0.4) is 0 Å². The van der Waals surface area contributed by atoms with E-state index in [0.717, 1.165) is 11.1 Å². The summed E-state index contributed by atoms with van der Waals surface area (Å²) in [5, 5.41) is 6.51. The molecule has 3 heteroatoms. The van der Waals surface area contributed by atoms with E-state index < -0.39 is 7.75 Å². The fourth-order valence-electron chi connectivity index (χ4n) is 1.82. The molecule has 0 heterocycles. The first-order chi connectivity index (χ1) is 4.83. The Morgan fingerprint density at radius 2 is 1.27 bits per heavy atom. The second-order valence-electron chi connectivity index (χ2n) is 4.24.